The van der Waals surface area contributed by atoms with Crippen molar-refractivity contribution < 1.29 is 9.84 Å². The molecule has 0 amide bonds. The lowest BCUT2D eigenvalue weighted by Crippen LogP contribution is -2.17. The Kier molecular flexibility index (Phi) is 3.37. The Morgan fingerprint density at radius 1 is 1.39 bits per heavy atom. The minimum atomic E-state index is -0.115. The minimum absolute atomic E-state index is 0.115. The van der Waals surface area contributed by atoms with Crippen LogP contribution in [0.3, 0.4) is 0 Å². The second-order valence-corrected chi connectivity index (χ2v) is 6.54. The zero-order valence-electron chi connectivity index (χ0n) is 10.7. The van der Waals surface area contributed by atoms with Crippen molar-refractivity contribution in [2.75, 3.05) is 6.61 Å². The normalized spacial score (nSPS) is 30.3. The summed E-state index contributed by atoms with van der Waals surface area (Å²) in [4.78, 5) is 0. The Bertz CT molecular complexity index is 458. The lowest BCUT2D eigenvalue weighted by atomic mass is 9.89. The lowest BCUT2D eigenvalue weighted by molar-refractivity contribution is 0.127. The fourth-order valence-electron chi connectivity index (χ4n) is 3.29. The van der Waals surface area contributed by atoms with Crippen molar-refractivity contribution in [1.29, 1.82) is 0 Å². The van der Waals surface area contributed by atoms with Gasteiger partial charge < -0.3 is 9.84 Å². The Balaban J connectivity index is 1.85. The van der Waals surface area contributed by atoms with Gasteiger partial charge in [0.05, 0.1) is 12.7 Å². The highest BCUT2D eigenvalue weighted by molar-refractivity contribution is 9.10. The van der Waals surface area contributed by atoms with E-state index in [2.05, 4.69) is 35.0 Å². The third kappa shape index (κ3) is 2.19. The first kappa shape index (κ1) is 12.5. The molecule has 1 aromatic rings. The van der Waals surface area contributed by atoms with Gasteiger partial charge in [-0.05, 0) is 54.4 Å². The van der Waals surface area contributed by atoms with Gasteiger partial charge in [0.1, 0.15) is 5.75 Å². The van der Waals surface area contributed by atoms with Crippen molar-refractivity contribution in [2.45, 2.75) is 38.7 Å². The van der Waals surface area contributed by atoms with Crippen LogP contribution in [0, 0.1) is 11.8 Å². The average molecular weight is 311 g/mol. The van der Waals surface area contributed by atoms with Crippen molar-refractivity contribution in [3.05, 3.63) is 27.7 Å². The number of benzene rings is 1. The third-order valence-electron chi connectivity index (χ3n) is 4.49. The van der Waals surface area contributed by atoms with Crippen molar-refractivity contribution in [2.24, 2.45) is 11.8 Å². The number of fused-ring (bicyclic) bond motifs is 1. The van der Waals surface area contributed by atoms with E-state index in [-0.39, 0.29) is 6.10 Å². The quantitative estimate of drug-likeness (QED) is 0.908. The summed E-state index contributed by atoms with van der Waals surface area (Å²) >= 11 is 3.59. The van der Waals surface area contributed by atoms with E-state index in [4.69, 9.17) is 4.74 Å². The molecule has 1 aliphatic heterocycles. The molecule has 1 aromatic carbocycles. The third-order valence-corrected chi connectivity index (χ3v) is 4.95. The second kappa shape index (κ2) is 4.86. The van der Waals surface area contributed by atoms with Gasteiger partial charge in [-0.25, -0.2) is 0 Å². The van der Waals surface area contributed by atoms with Crippen molar-refractivity contribution in [3.63, 3.8) is 0 Å². The topological polar surface area (TPSA) is 29.5 Å². The maximum absolute atomic E-state index is 9.85. The van der Waals surface area contributed by atoms with Crippen LogP contribution in [-0.4, -0.2) is 17.8 Å². The predicted molar refractivity (Wildman–Crippen MR) is 74.9 cm³/mol. The minimum Gasteiger partial charge on any atom is -0.493 e. The average Bonchev–Trinajstić information content (AvgIpc) is 2.90. The molecule has 18 heavy (non-hydrogen) atoms. The predicted octanol–water partition coefficient (Wildman–Crippen LogP) is 3.33. The molecular weight excluding hydrogens is 292 g/mol. The molecule has 2 aliphatic rings. The summed E-state index contributed by atoms with van der Waals surface area (Å²) in [6.45, 7) is 2.98. The van der Waals surface area contributed by atoms with Gasteiger partial charge in [0.25, 0.3) is 0 Å². The van der Waals surface area contributed by atoms with Crippen LogP contribution in [0.1, 0.15) is 30.9 Å². The van der Waals surface area contributed by atoms with Gasteiger partial charge in [-0.3, -0.25) is 0 Å². The van der Waals surface area contributed by atoms with E-state index in [0.717, 1.165) is 42.5 Å². The van der Waals surface area contributed by atoms with E-state index in [0.29, 0.717) is 11.8 Å². The van der Waals surface area contributed by atoms with Crippen molar-refractivity contribution >= 4 is 15.9 Å². The van der Waals surface area contributed by atoms with Gasteiger partial charge in [0.2, 0.25) is 0 Å². The molecule has 1 fully saturated rings. The van der Waals surface area contributed by atoms with E-state index in [1.807, 2.05) is 0 Å². The Labute approximate surface area is 116 Å². The molecular formula is C15H19BrO2. The van der Waals surface area contributed by atoms with Gasteiger partial charge in [0, 0.05) is 10.9 Å². The summed E-state index contributed by atoms with van der Waals surface area (Å²) in [5.41, 5.74) is 2.63. The molecule has 1 heterocycles. The molecule has 1 aliphatic carbocycles. The summed E-state index contributed by atoms with van der Waals surface area (Å²) in [6, 6.07) is 4.35. The molecule has 3 rings (SSSR count). The second-order valence-electron chi connectivity index (χ2n) is 5.62. The first-order valence-corrected chi connectivity index (χ1v) is 7.56. The maximum atomic E-state index is 9.85. The monoisotopic (exact) mass is 310 g/mol. The van der Waals surface area contributed by atoms with Crippen LogP contribution >= 0.6 is 15.9 Å². The number of rotatable bonds is 2. The first-order valence-electron chi connectivity index (χ1n) is 6.77. The van der Waals surface area contributed by atoms with Crippen LogP contribution in [0.2, 0.25) is 0 Å². The van der Waals surface area contributed by atoms with Crippen LogP contribution in [0.5, 0.6) is 5.75 Å². The zero-order valence-corrected chi connectivity index (χ0v) is 12.2. The van der Waals surface area contributed by atoms with Gasteiger partial charge in [0.15, 0.2) is 0 Å². The molecule has 0 bridgehead atoms. The van der Waals surface area contributed by atoms with Gasteiger partial charge >= 0.3 is 0 Å². The zero-order chi connectivity index (χ0) is 12.7. The van der Waals surface area contributed by atoms with Gasteiger partial charge in [-0.15, -0.1) is 0 Å². The number of hydrogen-bond donors (Lipinski definition) is 1. The number of ether oxygens (including phenoxy) is 1. The summed E-state index contributed by atoms with van der Waals surface area (Å²) < 4.78 is 6.92. The number of hydrogen-bond acceptors (Lipinski definition) is 2. The summed E-state index contributed by atoms with van der Waals surface area (Å²) in [7, 11) is 0. The highest BCUT2D eigenvalue weighted by Gasteiger charge is 2.32. The summed E-state index contributed by atoms with van der Waals surface area (Å²) in [5.74, 6) is 2.09. The van der Waals surface area contributed by atoms with Gasteiger partial charge in [-0.1, -0.05) is 22.9 Å². The van der Waals surface area contributed by atoms with Gasteiger partial charge in [-0.2, -0.15) is 0 Å². The van der Waals surface area contributed by atoms with Crippen molar-refractivity contribution in [3.8, 4) is 5.75 Å². The number of aliphatic hydroxyl groups is 1. The largest absolute Gasteiger partial charge is 0.493 e. The fraction of sp³-hybridized carbons (Fsp3) is 0.600. The van der Waals surface area contributed by atoms with Crippen LogP contribution in [0.15, 0.2) is 16.6 Å². The van der Waals surface area contributed by atoms with Crippen LogP contribution < -0.4 is 4.74 Å². The smallest absolute Gasteiger partial charge is 0.125 e. The van der Waals surface area contributed by atoms with E-state index < -0.39 is 0 Å². The van der Waals surface area contributed by atoms with E-state index >= 15 is 0 Å². The van der Waals surface area contributed by atoms with E-state index in [1.165, 1.54) is 11.1 Å². The fourth-order valence-corrected chi connectivity index (χ4v) is 3.85. The molecule has 0 radical (unpaired) electrons. The number of halogens is 1. The molecule has 2 nitrogen and oxygen atoms in total. The maximum Gasteiger partial charge on any atom is 0.125 e. The standard InChI is InChI=1S/C15H19BrO2/c1-9-10(2-3-14(9)17)6-12-8-13(16)7-11-4-5-18-15(11)12/h7-10,14,17H,2-6H2,1H3. The Hall–Kier alpha value is -0.540. The number of aliphatic hydroxyl groups excluding tert-OH is 1. The molecule has 3 atom stereocenters. The lowest BCUT2D eigenvalue weighted by Gasteiger charge is -2.19. The van der Waals surface area contributed by atoms with Crippen molar-refractivity contribution in [1.82, 2.24) is 0 Å². The SMILES string of the molecule is CC1C(O)CCC1Cc1cc(Br)cc2c1OCC2. The van der Waals surface area contributed by atoms with Crippen LogP contribution in [0.25, 0.3) is 0 Å². The molecule has 1 N–H and O–H groups in total. The Morgan fingerprint density at radius 3 is 2.94 bits per heavy atom. The molecule has 3 unspecified atom stereocenters. The molecule has 0 spiro atoms. The van der Waals surface area contributed by atoms with E-state index in [9.17, 15) is 5.11 Å². The molecule has 0 saturated heterocycles. The van der Waals surface area contributed by atoms with Crippen LogP contribution in [0.4, 0.5) is 0 Å². The highest BCUT2D eigenvalue weighted by Crippen LogP contribution is 2.39. The molecule has 3 heteroatoms. The molecule has 98 valence electrons. The molecule has 1 saturated carbocycles. The van der Waals surface area contributed by atoms with E-state index in [1.54, 1.807) is 0 Å². The summed E-state index contributed by atoms with van der Waals surface area (Å²) in [5, 5.41) is 9.85. The first-order chi connectivity index (χ1) is 8.65. The summed E-state index contributed by atoms with van der Waals surface area (Å²) in [6.07, 6.45) is 4.01. The Morgan fingerprint density at radius 2 is 2.22 bits per heavy atom. The van der Waals surface area contributed by atoms with Crippen LogP contribution in [-0.2, 0) is 12.8 Å². The highest BCUT2D eigenvalue weighted by atomic mass is 79.9. The molecule has 0 aromatic heterocycles.